The minimum absolute atomic E-state index is 0.214. The van der Waals surface area contributed by atoms with Gasteiger partial charge in [0.05, 0.1) is 6.10 Å². The zero-order valence-electron chi connectivity index (χ0n) is 16.4. The van der Waals surface area contributed by atoms with Crippen LogP contribution in [0.15, 0.2) is 41.4 Å². The van der Waals surface area contributed by atoms with Gasteiger partial charge in [-0.2, -0.15) is 0 Å². The molecule has 0 bridgehead atoms. The van der Waals surface area contributed by atoms with Gasteiger partial charge in [-0.25, -0.2) is 4.79 Å². The molecule has 6 heteroatoms. The Bertz CT molecular complexity index is 586. The molecule has 0 aromatic heterocycles. The van der Waals surface area contributed by atoms with Gasteiger partial charge < -0.3 is 19.3 Å². The van der Waals surface area contributed by atoms with Crippen LogP contribution >= 0.6 is 15.9 Å². The molecule has 150 valence electrons. The second kappa shape index (κ2) is 11.5. The van der Waals surface area contributed by atoms with Crippen molar-refractivity contribution < 1.29 is 14.3 Å². The van der Waals surface area contributed by atoms with Crippen molar-refractivity contribution in [3.8, 4) is 5.75 Å². The van der Waals surface area contributed by atoms with Crippen molar-refractivity contribution in [1.82, 2.24) is 9.80 Å². The smallest absolute Gasteiger partial charge is 0.410 e. The lowest BCUT2D eigenvalue weighted by Crippen LogP contribution is -2.42. The highest BCUT2D eigenvalue weighted by Gasteiger charge is 2.27. The van der Waals surface area contributed by atoms with Gasteiger partial charge in [-0.15, -0.1) is 6.58 Å². The topological polar surface area (TPSA) is 42.0 Å². The Morgan fingerprint density at radius 1 is 1.22 bits per heavy atom. The minimum Gasteiger partial charge on any atom is -0.410 e. The molecule has 1 fully saturated rings. The van der Waals surface area contributed by atoms with E-state index in [9.17, 15) is 4.79 Å². The van der Waals surface area contributed by atoms with Crippen molar-refractivity contribution in [3.05, 3.63) is 41.4 Å². The molecular weight excluding hydrogens is 408 g/mol. The molecule has 1 saturated carbocycles. The number of amides is 1. The normalized spacial score (nSPS) is 19.7. The molecule has 0 aliphatic heterocycles. The quantitative estimate of drug-likeness (QED) is 0.413. The third kappa shape index (κ3) is 7.64. The van der Waals surface area contributed by atoms with Crippen LogP contribution in [0.5, 0.6) is 5.75 Å². The van der Waals surface area contributed by atoms with Crippen molar-refractivity contribution in [2.45, 2.75) is 44.2 Å². The third-order valence-electron chi connectivity index (χ3n) is 4.98. The predicted molar refractivity (Wildman–Crippen MR) is 112 cm³/mol. The Morgan fingerprint density at radius 3 is 2.52 bits per heavy atom. The number of hydrogen-bond donors (Lipinski definition) is 0. The van der Waals surface area contributed by atoms with Gasteiger partial charge in [-0.3, -0.25) is 0 Å². The molecule has 0 N–H and O–H groups in total. The number of nitrogens with zero attached hydrogens (tertiary/aromatic N) is 2. The van der Waals surface area contributed by atoms with E-state index in [4.69, 9.17) is 9.47 Å². The van der Waals surface area contributed by atoms with Gasteiger partial charge >= 0.3 is 6.09 Å². The average Bonchev–Trinajstić information content (AvgIpc) is 2.67. The predicted octanol–water partition coefficient (Wildman–Crippen LogP) is 4.72. The third-order valence-corrected chi connectivity index (χ3v) is 5.51. The van der Waals surface area contributed by atoms with Crippen molar-refractivity contribution in [2.75, 3.05) is 33.8 Å². The molecule has 1 aliphatic carbocycles. The Morgan fingerprint density at radius 2 is 1.89 bits per heavy atom. The highest BCUT2D eigenvalue weighted by molar-refractivity contribution is 9.10. The maximum atomic E-state index is 12.4. The molecule has 1 amide bonds. The van der Waals surface area contributed by atoms with E-state index >= 15 is 0 Å². The van der Waals surface area contributed by atoms with E-state index in [0.717, 1.165) is 56.3 Å². The van der Waals surface area contributed by atoms with Gasteiger partial charge in [-0.05, 0) is 63.4 Å². The number of likely N-dealkylation sites (N-methyl/N-ethyl adjacent to an activating group) is 1. The first-order valence-corrected chi connectivity index (χ1v) is 10.4. The second-order valence-corrected chi connectivity index (χ2v) is 8.05. The van der Waals surface area contributed by atoms with Crippen LogP contribution in [0.3, 0.4) is 0 Å². The summed E-state index contributed by atoms with van der Waals surface area (Å²) in [7, 11) is 3.92. The molecule has 2 rings (SSSR count). The van der Waals surface area contributed by atoms with Crippen LogP contribution in [0.1, 0.15) is 32.1 Å². The number of carbonyl (C=O) groups excluding carboxylic acids is 1. The minimum atomic E-state index is -0.299. The summed E-state index contributed by atoms with van der Waals surface area (Å²) in [6, 6.07) is 7.51. The lowest BCUT2D eigenvalue weighted by Gasteiger charge is -2.34. The molecule has 5 nitrogen and oxygen atoms in total. The van der Waals surface area contributed by atoms with Gasteiger partial charge in [-0.1, -0.05) is 22.0 Å². The first-order chi connectivity index (χ1) is 13.0. The molecular formula is C21H31BrN2O3. The maximum Gasteiger partial charge on any atom is 0.415 e. The summed E-state index contributed by atoms with van der Waals surface area (Å²) >= 11 is 3.38. The lowest BCUT2D eigenvalue weighted by molar-refractivity contribution is 0.00923. The van der Waals surface area contributed by atoms with E-state index in [1.54, 1.807) is 17.0 Å². The van der Waals surface area contributed by atoms with E-state index in [1.807, 2.05) is 25.3 Å². The van der Waals surface area contributed by atoms with Gasteiger partial charge in [0.1, 0.15) is 5.75 Å². The van der Waals surface area contributed by atoms with E-state index in [2.05, 4.69) is 34.5 Å². The second-order valence-electron chi connectivity index (χ2n) is 7.14. The summed E-state index contributed by atoms with van der Waals surface area (Å²) in [5.74, 6) is 0.563. The fraction of sp³-hybridized carbons (Fsp3) is 0.571. The van der Waals surface area contributed by atoms with Crippen LogP contribution in [-0.4, -0.2) is 61.8 Å². The number of rotatable bonds is 9. The number of benzene rings is 1. The zero-order chi connectivity index (χ0) is 19.6. The first kappa shape index (κ1) is 21.9. The SMILES string of the molecule is C=CCN(C)CCCOC1CCC(N(C)C(=O)Oc2ccc(Br)cc2)CC1. The monoisotopic (exact) mass is 438 g/mol. The first-order valence-electron chi connectivity index (χ1n) is 9.61. The summed E-state index contributed by atoms with van der Waals surface area (Å²) in [5.41, 5.74) is 0. The van der Waals surface area contributed by atoms with E-state index in [-0.39, 0.29) is 12.1 Å². The molecule has 27 heavy (non-hydrogen) atoms. The van der Waals surface area contributed by atoms with Crippen molar-refractivity contribution >= 4 is 22.0 Å². The van der Waals surface area contributed by atoms with Crippen LogP contribution in [0, 0.1) is 0 Å². The summed E-state index contributed by atoms with van der Waals surface area (Å²) < 4.78 is 12.4. The number of carbonyl (C=O) groups is 1. The molecule has 0 spiro atoms. The molecule has 0 radical (unpaired) electrons. The lowest BCUT2D eigenvalue weighted by atomic mass is 9.92. The Labute approximate surface area is 171 Å². The molecule has 0 heterocycles. The standard InChI is InChI=1S/C21H31BrN2O3/c1-4-14-23(2)15-5-16-26-19-12-8-18(9-13-19)24(3)21(25)27-20-10-6-17(22)7-11-20/h4,6-7,10-11,18-19H,1,5,8-9,12-16H2,2-3H3. The average molecular weight is 439 g/mol. The number of ether oxygens (including phenoxy) is 2. The van der Waals surface area contributed by atoms with Gasteiger partial charge in [0.15, 0.2) is 0 Å². The van der Waals surface area contributed by atoms with Crippen LogP contribution in [-0.2, 0) is 4.74 Å². The molecule has 1 aromatic carbocycles. The summed E-state index contributed by atoms with van der Waals surface area (Å²) in [6.45, 7) is 6.47. The van der Waals surface area contributed by atoms with Crippen LogP contribution in [0.25, 0.3) is 0 Å². The Kier molecular flexibility index (Phi) is 9.31. The Balaban J connectivity index is 1.66. The zero-order valence-corrected chi connectivity index (χ0v) is 18.0. The fourth-order valence-electron chi connectivity index (χ4n) is 3.32. The number of halogens is 1. The summed E-state index contributed by atoms with van der Waals surface area (Å²) in [6.07, 6.45) is 6.84. The summed E-state index contributed by atoms with van der Waals surface area (Å²) in [4.78, 5) is 16.3. The van der Waals surface area contributed by atoms with E-state index < -0.39 is 0 Å². The Hall–Kier alpha value is -1.37. The van der Waals surface area contributed by atoms with Crippen molar-refractivity contribution in [3.63, 3.8) is 0 Å². The van der Waals surface area contributed by atoms with Gasteiger partial charge in [0.2, 0.25) is 0 Å². The fourth-order valence-corrected chi connectivity index (χ4v) is 3.58. The van der Waals surface area contributed by atoms with Crippen LogP contribution in [0.4, 0.5) is 4.79 Å². The molecule has 1 aliphatic rings. The largest absolute Gasteiger partial charge is 0.415 e. The van der Waals surface area contributed by atoms with Crippen LogP contribution < -0.4 is 4.74 Å². The van der Waals surface area contributed by atoms with Gasteiger partial charge in [0, 0.05) is 37.3 Å². The van der Waals surface area contributed by atoms with Crippen molar-refractivity contribution in [1.29, 1.82) is 0 Å². The maximum absolute atomic E-state index is 12.4. The molecule has 0 saturated heterocycles. The summed E-state index contributed by atoms with van der Waals surface area (Å²) in [5, 5.41) is 0. The molecule has 0 atom stereocenters. The van der Waals surface area contributed by atoms with E-state index in [0.29, 0.717) is 11.9 Å². The highest BCUT2D eigenvalue weighted by Crippen LogP contribution is 2.25. The number of hydrogen-bond acceptors (Lipinski definition) is 4. The van der Waals surface area contributed by atoms with Crippen molar-refractivity contribution in [2.24, 2.45) is 0 Å². The molecule has 1 aromatic rings. The molecule has 0 unspecified atom stereocenters. The highest BCUT2D eigenvalue weighted by atomic mass is 79.9. The van der Waals surface area contributed by atoms with Gasteiger partial charge in [0.25, 0.3) is 0 Å². The van der Waals surface area contributed by atoms with Crippen LogP contribution in [0.2, 0.25) is 0 Å². The van der Waals surface area contributed by atoms with E-state index in [1.165, 1.54) is 0 Å².